The van der Waals surface area contributed by atoms with Crippen molar-refractivity contribution >= 4 is 11.0 Å². The number of aryl methyl sites for hydroxylation is 1. The van der Waals surface area contributed by atoms with Gasteiger partial charge in [0.05, 0.1) is 12.2 Å². The van der Waals surface area contributed by atoms with Crippen LogP contribution in [0, 0.1) is 5.82 Å². The zero-order chi connectivity index (χ0) is 14.8. The molecule has 110 valence electrons. The van der Waals surface area contributed by atoms with Crippen LogP contribution in [0.3, 0.4) is 0 Å². The van der Waals surface area contributed by atoms with Gasteiger partial charge in [0.2, 0.25) is 0 Å². The third kappa shape index (κ3) is 2.83. The topological polar surface area (TPSA) is 43.0 Å². The lowest BCUT2D eigenvalue weighted by Gasteiger charge is -2.14. The molecule has 0 aliphatic carbocycles. The Morgan fingerprint density at radius 1 is 1.38 bits per heavy atom. The molecule has 0 fully saturated rings. The van der Waals surface area contributed by atoms with Crippen LogP contribution in [0.5, 0.6) is 0 Å². The predicted molar refractivity (Wildman–Crippen MR) is 79.5 cm³/mol. The molecule has 3 aromatic rings. The van der Waals surface area contributed by atoms with Crippen LogP contribution < -0.4 is 5.32 Å². The largest absolute Gasteiger partial charge is 0.459 e. The normalized spacial score (nSPS) is 12.9. The van der Waals surface area contributed by atoms with Crippen molar-refractivity contribution in [1.29, 1.82) is 0 Å². The number of rotatable bonds is 5. The van der Waals surface area contributed by atoms with Crippen LogP contribution in [0.1, 0.15) is 30.7 Å². The van der Waals surface area contributed by atoms with E-state index in [0.717, 1.165) is 29.7 Å². The standard InChI is InChI=1S/C16H18FN3O/c1-3-6-18-16(12-9-19-20(2)10-12)15-8-11-7-13(17)4-5-14(11)21-15/h4-5,7-10,16,18H,3,6H2,1-2H3. The van der Waals surface area contributed by atoms with Gasteiger partial charge in [-0.05, 0) is 37.2 Å². The van der Waals surface area contributed by atoms with E-state index in [0.29, 0.717) is 5.58 Å². The van der Waals surface area contributed by atoms with Crippen LogP contribution in [-0.2, 0) is 7.05 Å². The molecule has 1 atom stereocenters. The van der Waals surface area contributed by atoms with Crippen LogP contribution in [0.15, 0.2) is 41.1 Å². The molecule has 0 bridgehead atoms. The molecule has 5 heteroatoms. The monoisotopic (exact) mass is 287 g/mol. The first kappa shape index (κ1) is 13.8. The van der Waals surface area contributed by atoms with Crippen molar-refractivity contribution in [2.45, 2.75) is 19.4 Å². The lowest BCUT2D eigenvalue weighted by atomic mass is 10.1. The number of fused-ring (bicyclic) bond motifs is 1. The van der Waals surface area contributed by atoms with Crippen molar-refractivity contribution in [3.8, 4) is 0 Å². The molecule has 0 saturated carbocycles. The number of nitrogens with one attached hydrogen (secondary N) is 1. The Kier molecular flexibility index (Phi) is 3.75. The van der Waals surface area contributed by atoms with Crippen molar-refractivity contribution in [1.82, 2.24) is 15.1 Å². The van der Waals surface area contributed by atoms with Gasteiger partial charge in [-0.3, -0.25) is 4.68 Å². The highest BCUT2D eigenvalue weighted by atomic mass is 19.1. The summed E-state index contributed by atoms with van der Waals surface area (Å²) in [5.41, 5.74) is 1.73. The summed E-state index contributed by atoms with van der Waals surface area (Å²) in [6.07, 6.45) is 4.80. The van der Waals surface area contributed by atoms with E-state index in [2.05, 4.69) is 17.3 Å². The summed E-state index contributed by atoms with van der Waals surface area (Å²) in [7, 11) is 1.88. The molecule has 0 radical (unpaired) electrons. The van der Waals surface area contributed by atoms with Gasteiger partial charge in [-0.1, -0.05) is 6.92 Å². The van der Waals surface area contributed by atoms with Crippen molar-refractivity contribution in [3.05, 3.63) is 53.8 Å². The van der Waals surface area contributed by atoms with Gasteiger partial charge in [0.15, 0.2) is 0 Å². The van der Waals surface area contributed by atoms with Gasteiger partial charge < -0.3 is 9.73 Å². The maximum absolute atomic E-state index is 13.3. The Hall–Kier alpha value is -2.14. The average molecular weight is 287 g/mol. The molecule has 21 heavy (non-hydrogen) atoms. The maximum atomic E-state index is 13.3. The van der Waals surface area contributed by atoms with Gasteiger partial charge in [-0.2, -0.15) is 5.10 Å². The Morgan fingerprint density at radius 3 is 2.95 bits per heavy atom. The third-order valence-corrected chi connectivity index (χ3v) is 3.44. The van der Waals surface area contributed by atoms with Crippen LogP contribution in [-0.4, -0.2) is 16.3 Å². The van der Waals surface area contributed by atoms with Crippen molar-refractivity contribution in [2.75, 3.05) is 6.54 Å². The smallest absolute Gasteiger partial charge is 0.134 e. The summed E-state index contributed by atoms with van der Waals surface area (Å²) in [5, 5.41) is 8.44. The lowest BCUT2D eigenvalue weighted by molar-refractivity contribution is 0.469. The van der Waals surface area contributed by atoms with Crippen LogP contribution in [0.2, 0.25) is 0 Å². The molecule has 0 amide bonds. The highest BCUT2D eigenvalue weighted by Gasteiger charge is 2.19. The highest BCUT2D eigenvalue weighted by molar-refractivity contribution is 5.78. The van der Waals surface area contributed by atoms with Gasteiger partial charge in [-0.25, -0.2) is 4.39 Å². The molecule has 3 rings (SSSR count). The van der Waals surface area contributed by atoms with Crippen LogP contribution >= 0.6 is 0 Å². The zero-order valence-corrected chi connectivity index (χ0v) is 12.1. The molecule has 0 aliphatic heterocycles. The fourth-order valence-corrected chi connectivity index (χ4v) is 2.44. The second-order valence-corrected chi connectivity index (χ2v) is 5.17. The first-order chi connectivity index (χ1) is 10.2. The van der Waals surface area contributed by atoms with Gasteiger partial charge >= 0.3 is 0 Å². The summed E-state index contributed by atoms with van der Waals surface area (Å²) in [4.78, 5) is 0. The minimum absolute atomic E-state index is 0.0749. The summed E-state index contributed by atoms with van der Waals surface area (Å²) in [5.74, 6) is 0.520. The lowest BCUT2D eigenvalue weighted by Crippen LogP contribution is -2.22. The summed E-state index contributed by atoms with van der Waals surface area (Å²) >= 11 is 0. The second kappa shape index (κ2) is 5.69. The molecule has 0 saturated heterocycles. The van der Waals surface area contributed by atoms with E-state index in [-0.39, 0.29) is 11.9 Å². The number of halogens is 1. The number of aromatic nitrogens is 2. The Balaban J connectivity index is 2.00. The second-order valence-electron chi connectivity index (χ2n) is 5.17. The fraction of sp³-hybridized carbons (Fsp3) is 0.312. The van der Waals surface area contributed by atoms with E-state index in [4.69, 9.17) is 4.42 Å². The summed E-state index contributed by atoms with van der Waals surface area (Å²) in [6, 6.07) is 6.37. The number of nitrogens with zero attached hydrogens (tertiary/aromatic N) is 2. The third-order valence-electron chi connectivity index (χ3n) is 3.44. The molecule has 1 N–H and O–H groups in total. The zero-order valence-electron chi connectivity index (χ0n) is 12.1. The molecular weight excluding hydrogens is 269 g/mol. The van der Waals surface area contributed by atoms with Gasteiger partial charge in [0.25, 0.3) is 0 Å². The Morgan fingerprint density at radius 2 is 2.24 bits per heavy atom. The summed E-state index contributed by atoms with van der Waals surface area (Å²) in [6.45, 7) is 2.98. The van der Waals surface area contributed by atoms with E-state index in [1.54, 1.807) is 10.7 Å². The molecule has 2 heterocycles. The van der Waals surface area contributed by atoms with E-state index in [1.807, 2.05) is 25.5 Å². The molecule has 1 unspecified atom stereocenters. The molecule has 0 aliphatic rings. The van der Waals surface area contributed by atoms with E-state index >= 15 is 0 Å². The number of benzene rings is 1. The minimum atomic E-state index is -0.255. The van der Waals surface area contributed by atoms with Crippen LogP contribution in [0.4, 0.5) is 4.39 Å². The van der Waals surface area contributed by atoms with Gasteiger partial charge in [0, 0.05) is 24.2 Å². The number of hydrogen-bond acceptors (Lipinski definition) is 3. The first-order valence-electron chi connectivity index (χ1n) is 7.08. The molecule has 0 spiro atoms. The fourth-order valence-electron chi connectivity index (χ4n) is 2.44. The van der Waals surface area contributed by atoms with Crippen molar-refractivity contribution < 1.29 is 8.81 Å². The Bertz CT molecular complexity index is 747. The SMILES string of the molecule is CCCNC(c1cnn(C)c1)c1cc2cc(F)ccc2o1. The van der Waals surface area contributed by atoms with Crippen LogP contribution in [0.25, 0.3) is 11.0 Å². The average Bonchev–Trinajstić information content (AvgIpc) is 3.05. The highest BCUT2D eigenvalue weighted by Crippen LogP contribution is 2.28. The molecule has 2 aromatic heterocycles. The van der Waals surface area contributed by atoms with Crippen molar-refractivity contribution in [2.24, 2.45) is 7.05 Å². The minimum Gasteiger partial charge on any atom is -0.459 e. The van der Waals surface area contributed by atoms with E-state index < -0.39 is 0 Å². The maximum Gasteiger partial charge on any atom is 0.134 e. The van der Waals surface area contributed by atoms with E-state index in [1.165, 1.54) is 12.1 Å². The summed E-state index contributed by atoms with van der Waals surface area (Å²) < 4.78 is 20.9. The molecule has 4 nitrogen and oxygen atoms in total. The Labute approximate surface area is 122 Å². The van der Waals surface area contributed by atoms with Crippen molar-refractivity contribution in [3.63, 3.8) is 0 Å². The van der Waals surface area contributed by atoms with Gasteiger partial charge in [0.1, 0.15) is 17.2 Å². The number of hydrogen-bond donors (Lipinski definition) is 1. The molecular formula is C16H18FN3O. The number of furan rings is 1. The first-order valence-corrected chi connectivity index (χ1v) is 7.08. The van der Waals surface area contributed by atoms with Gasteiger partial charge in [-0.15, -0.1) is 0 Å². The quantitative estimate of drug-likeness (QED) is 0.782. The predicted octanol–water partition coefficient (Wildman–Crippen LogP) is 3.39. The van der Waals surface area contributed by atoms with E-state index in [9.17, 15) is 4.39 Å². The molecule has 1 aromatic carbocycles.